The predicted octanol–water partition coefficient (Wildman–Crippen LogP) is 2.62. The molecule has 2 aromatic carbocycles. The van der Waals surface area contributed by atoms with Crippen LogP contribution in [0.15, 0.2) is 59.7 Å². The zero-order chi connectivity index (χ0) is 21.1. The average molecular weight is 409 g/mol. The summed E-state index contributed by atoms with van der Waals surface area (Å²) in [4.78, 5) is 17.3. The highest BCUT2D eigenvalue weighted by Gasteiger charge is 2.18. The molecule has 0 radical (unpaired) electrons. The quantitative estimate of drug-likeness (QED) is 0.675. The molecule has 2 heterocycles. The summed E-state index contributed by atoms with van der Waals surface area (Å²) in [6.45, 7) is 5.59. The fraction of sp³-hybridized carbons (Fsp3) is 0.364. The van der Waals surface area contributed by atoms with Gasteiger partial charge in [-0.05, 0) is 55.0 Å². The number of benzene rings is 2. The van der Waals surface area contributed by atoms with Crippen molar-refractivity contribution >= 4 is 11.4 Å². The number of methoxy groups -OCH3 is 1. The average Bonchev–Trinajstić information content (AvgIpc) is 3.17. The number of piperazine rings is 1. The number of hydrogen-bond acceptors (Lipinski definition) is 6. The normalized spacial score (nSPS) is 15.4. The summed E-state index contributed by atoms with van der Waals surface area (Å²) in [7, 11) is 1.58. The summed E-state index contributed by atoms with van der Waals surface area (Å²) in [5, 5.41) is 13.7. The third kappa shape index (κ3) is 3.91. The molecule has 0 bridgehead atoms. The van der Waals surface area contributed by atoms with Crippen LogP contribution in [0.3, 0.4) is 0 Å². The number of aromatic hydroxyl groups is 1. The molecule has 0 spiro atoms. The Morgan fingerprint density at radius 2 is 1.43 bits per heavy atom. The highest BCUT2D eigenvalue weighted by molar-refractivity contribution is 5.54. The fourth-order valence-electron chi connectivity index (χ4n) is 3.84. The lowest BCUT2D eigenvalue weighted by Gasteiger charge is -2.37. The Morgan fingerprint density at radius 1 is 0.933 bits per heavy atom. The first-order valence-electron chi connectivity index (χ1n) is 10.2. The molecule has 4 rings (SSSR count). The number of hydrogen-bond donors (Lipinski definition) is 1. The van der Waals surface area contributed by atoms with Gasteiger partial charge in [0.05, 0.1) is 5.69 Å². The Morgan fingerprint density at radius 3 is 1.93 bits per heavy atom. The van der Waals surface area contributed by atoms with Crippen LogP contribution in [0.2, 0.25) is 0 Å². The minimum atomic E-state index is -0.358. The first-order valence-corrected chi connectivity index (χ1v) is 10.2. The predicted molar refractivity (Wildman–Crippen MR) is 117 cm³/mol. The maximum absolute atomic E-state index is 12.7. The van der Waals surface area contributed by atoms with Gasteiger partial charge in [-0.25, -0.2) is 9.36 Å². The minimum absolute atomic E-state index is 0.209. The van der Waals surface area contributed by atoms with Gasteiger partial charge in [0.15, 0.2) is 6.23 Å². The van der Waals surface area contributed by atoms with Crippen molar-refractivity contribution in [3.8, 4) is 11.4 Å². The van der Waals surface area contributed by atoms with Gasteiger partial charge in [0.25, 0.3) is 0 Å². The van der Waals surface area contributed by atoms with E-state index in [1.807, 2.05) is 43.3 Å². The molecule has 1 aliphatic heterocycles. The maximum Gasteiger partial charge on any atom is 0.352 e. The number of aromatic nitrogens is 3. The van der Waals surface area contributed by atoms with E-state index in [9.17, 15) is 9.90 Å². The lowest BCUT2D eigenvalue weighted by atomic mass is 10.2. The van der Waals surface area contributed by atoms with Gasteiger partial charge in [-0.1, -0.05) is 6.92 Å². The molecule has 8 nitrogen and oxygen atoms in total. The highest BCUT2D eigenvalue weighted by Crippen LogP contribution is 2.23. The van der Waals surface area contributed by atoms with Gasteiger partial charge in [-0.15, -0.1) is 0 Å². The molecule has 0 saturated carbocycles. The molecule has 1 atom stereocenters. The molecule has 0 amide bonds. The van der Waals surface area contributed by atoms with Gasteiger partial charge < -0.3 is 19.6 Å². The summed E-state index contributed by atoms with van der Waals surface area (Å²) in [5.41, 5.74) is 2.83. The molecular weight excluding hydrogens is 382 g/mol. The summed E-state index contributed by atoms with van der Waals surface area (Å²) in [6.07, 6.45) is 1.85. The Kier molecular flexibility index (Phi) is 5.76. The lowest BCUT2D eigenvalue weighted by molar-refractivity contribution is 0.0277. The zero-order valence-corrected chi connectivity index (χ0v) is 17.3. The first kappa shape index (κ1) is 20.0. The van der Waals surface area contributed by atoms with Crippen molar-refractivity contribution < 1.29 is 9.84 Å². The number of nitrogens with zero attached hydrogens (tertiary/aromatic N) is 5. The molecule has 1 saturated heterocycles. The van der Waals surface area contributed by atoms with Crippen LogP contribution in [-0.4, -0.2) is 52.7 Å². The monoisotopic (exact) mass is 409 g/mol. The van der Waals surface area contributed by atoms with Crippen molar-refractivity contribution in [2.45, 2.75) is 19.6 Å². The van der Waals surface area contributed by atoms with Crippen LogP contribution in [0, 0.1) is 0 Å². The Balaban J connectivity index is 1.43. The second kappa shape index (κ2) is 8.62. The first-order chi connectivity index (χ1) is 14.6. The van der Waals surface area contributed by atoms with Crippen LogP contribution < -0.4 is 15.5 Å². The van der Waals surface area contributed by atoms with E-state index in [1.54, 1.807) is 19.2 Å². The van der Waals surface area contributed by atoms with Crippen molar-refractivity contribution in [3.63, 3.8) is 0 Å². The summed E-state index contributed by atoms with van der Waals surface area (Å²) in [6, 6.07) is 15.3. The standard InChI is InChI=1S/C22H27N5O3/c1-3-21(30-2)27-22(29)26(16-23-27)19-6-4-17(5-7-19)24-12-14-25(15-13-24)18-8-10-20(28)11-9-18/h4-11,16,21,28H,3,12-15H2,1-2H3. The van der Waals surface area contributed by atoms with Gasteiger partial charge in [-0.3, -0.25) is 0 Å². The topological polar surface area (TPSA) is 75.8 Å². The van der Waals surface area contributed by atoms with Crippen LogP contribution in [0.5, 0.6) is 5.75 Å². The molecule has 1 fully saturated rings. The smallest absolute Gasteiger partial charge is 0.352 e. The van der Waals surface area contributed by atoms with Gasteiger partial charge in [0.2, 0.25) is 0 Å². The van der Waals surface area contributed by atoms with E-state index in [2.05, 4.69) is 14.9 Å². The van der Waals surface area contributed by atoms with Crippen LogP contribution in [0.25, 0.3) is 5.69 Å². The van der Waals surface area contributed by atoms with E-state index in [0.29, 0.717) is 6.42 Å². The second-order valence-corrected chi connectivity index (χ2v) is 7.33. The number of ether oxygens (including phenoxy) is 1. The number of anilines is 2. The minimum Gasteiger partial charge on any atom is -0.508 e. The zero-order valence-electron chi connectivity index (χ0n) is 17.3. The van der Waals surface area contributed by atoms with E-state index < -0.39 is 0 Å². The van der Waals surface area contributed by atoms with Crippen LogP contribution in [0.1, 0.15) is 19.6 Å². The van der Waals surface area contributed by atoms with Crippen molar-refractivity contribution in [2.75, 3.05) is 43.1 Å². The summed E-state index contributed by atoms with van der Waals surface area (Å²) >= 11 is 0. The van der Waals surface area contributed by atoms with Crippen molar-refractivity contribution in [3.05, 3.63) is 65.3 Å². The van der Waals surface area contributed by atoms with Gasteiger partial charge in [0, 0.05) is 44.7 Å². The van der Waals surface area contributed by atoms with Crippen molar-refractivity contribution in [2.24, 2.45) is 0 Å². The Hall–Kier alpha value is -3.26. The number of phenolic OH excluding ortho intramolecular Hbond substituents is 1. The van der Waals surface area contributed by atoms with Gasteiger partial charge >= 0.3 is 5.69 Å². The van der Waals surface area contributed by atoms with E-state index in [4.69, 9.17) is 4.74 Å². The molecule has 1 aliphatic rings. The highest BCUT2D eigenvalue weighted by atomic mass is 16.5. The summed E-state index contributed by atoms with van der Waals surface area (Å²) in [5.74, 6) is 0.287. The SMILES string of the molecule is CCC(OC)n1ncn(-c2ccc(N3CCN(c4ccc(O)cc4)CC3)cc2)c1=O. The third-order valence-electron chi connectivity index (χ3n) is 5.58. The molecule has 1 unspecified atom stereocenters. The number of phenols is 1. The van der Waals surface area contributed by atoms with E-state index in [-0.39, 0.29) is 17.7 Å². The molecule has 30 heavy (non-hydrogen) atoms. The Bertz CT molecular complexity index is 1010. The van der Waals surface area contributed by atoms with Crippen LogP contribution in [0.4, 0.5) is 11.4 Å². The van der Waals surface area contributed by atoms with E-state index >= 15 is 0 Å². The van der Waals surface area contributed by atoms with E-state index in [1.165, 1.54) is 15.6 Å². The molecule has 1 aromatic heterocycles. The molecule has 0 aliphatic carbocycles. The molecule has 8 heteroatoms. The lowest BCUT2D eigenvalue weighted by Crippen LogP contribution is -2.46. The molecule has 158 valence electrons. The number of rotatable bonds is 6. The largest absolute Gasteiger partial charge is 0.508 e. The van der Waals surface area contributed by atoms with Crippen LogP contribution >= 0.6 is 0 Å². The van der Waals surface area contributed by atoms with Crippen molar-refractivity contribution in [1.82, 2.24) is 14.3 Å². The molecule has 3 aromatic rings. The maximum atomic E-state index is 12.7. The van der Waals surface area contributed by atoms with E-state index in [0.717, 1.165) is 43.2 Å². The van der Waals surface area contributed by atoms with Gasteiger partial charge in [0.1, 0.15) is 12.1 Å². The van der Waals surface area contributed by atoms with Crippen molar-refractivity contribution in [1.29, 1.82) is 0 Å². The van der Waals surface area contributed by atoms with Crippen LogP contribution in [-0.2, 0) is 4.74 Å². The Labute approximate surface area is 175 Å². The molecular formula is C22H27N5O3. The summed E-state index contributed by atoms with van der Waals surface area (Å²) < 4.78 is 8.23. The van der Waals surface area contributed by atoms with Gasteiger partial charge in [-0.2, -0.15) is 9.78 Å². The third-order valence-corrected chi connectivity index (χ3v) is 5.58. The second-order valence-electron chi connectivity index (χ2n) is 7.33. The molecule has 1 N–H and O–H groups in total. The fourth-order valence-corrected chi connectivity index (χ4v) is 3.84.